The normalized spacial score (nSPS) is 10.5. The Morgan fingerprint density at radius 2 is 2.00 bits per heavy atom. The second-order valence-electron chi connectivity index (χ2n) is 3.94. The van der Waals surface area contributed by atoms with Crippen LogP contribution in [0, 0.1) is 5.82 Å². The molecule has 0 aromatic heterocycles. The van der Waals surface area contributed by atoms with Gasteiger partial charge in [0, 0.05) is 6.07 Å². The molecule has 4 heteroatoms. The van der Waals surface area contributed by atoms with Crippen LogP contribution in [0.5, 0.6) is 5.75 Å². The Hall–Kier alpha value is -0.800. The van der Waals surface area contributed by atoms with Crippen LogP contribution in [0.1, 0.15) is 25.7 Å². The van der Waals surface area contributed by atoms with Crippen molar-refractivity contribution >= 4 is 11.6 Å². The Morgan fingerprint density at radius 1 is 1.24 bits per heavy atom. The highest BCUT2D eigenvalue weighted by molar-refractivity contribution is 6.30. The zero-order chi connectivity index (χ0) is 12.5. The number of rotatable bonds is 8. The van der Waals surface area contributed by atoms with E-state index < -0.39 is 5.82 Å². The molecule has 2 nitrogen and oxygen atoms in total. The molecule has 0 aliphatic rings. The van der Waals surface area contributed by atoms with E-state index in [2.05, 4.69) is 5.32 Å². The first-order valence-corrected chi connectivity index (χ1v) is 6.34. The summed E-state index contributed by atoms with van der Waals surface area (Å²) in [6.07, 6.45) is 4.56. The molecule has 96 valence electrons. The lowest BCUT2D eigenvalue weighted by molar-refractivity contribution is 0.304. The molecular formula is C13H19ClFNO. The Bertz CT molecular complexity index is 333. The highest BCUT2D eigenvalue weighted by Crippen LogP contribution is 2.21. The molecule has 17 heavy (non-hydrogen) atoms. The third kappa shape index (κ3) is 5.89. The second-order valence-corrected chi connectivity index (χ2v) is 4.35. The SMILES string of the molecule is CNCCCCCCOc1ccc(F)c(Cl)c1. The first-order chi connectivity index (χ1) is 8.24. The number of halogens is 2. The van der Waals surface area contributed by atoms with E-state index in [0.717, 1.165) is 19.4 Å². The molecular weight excluding hydrogens is 241 g/mol. The van der Waals surface area contributed by atoms with Gasteiger partial charge < -0.3 is 10.1 Å². The Kier molecular flexibility index (Phi) is 6.97. The lowest BCUT2D eigenvalue weighted by Crippen LogP contribution is -2.07. The average Bonchev–Trinajstić information content (AvgIpc) is 2.32. The number of ether oxygens (including phenoxy) is 1. The van der Waals surface area contributed by atoms with Crippen LogP contribution < -0.4 is 10.1 Å². The lowest BCUT2D eigenvalue weighted by atomic mass is 10.2. The summed E-state index contributed by atoms with van der Waals surface area (Å²) in [5, 5.41) is 3.22. The van der Waals surface area contributed by atoms with Crippen molar-refractivity contribution in [2.75, 3.05) is 20.2 Å². The summed E-state index contributed by atoms with van der Waals surface area (Å²) in [6, 6.07) is 4.44. The summed E-state index contributed by atoms with van der Waals surface area (Å²) < 4.78 is 18.3. The molecule has 0 bridgehead atoms. The average molecular weight is 260 g/mol. The molecule has 1 N–H and O–H groups in total. The largest absolute Gasteiger partial charge is 0.494 e. The molecule has 1 aromatic carbocycles. The van der Waals surface area contributed by atoms with Crippen LogP contribution in [-0.2, 0) is 0 Å². The Morgan fingerprint density at radius 3 is 2.71 bits per heavy atom. The summed E-state index contributed by atoms with van der Waals surface area (Å²) in [5.74, 6) is 0.220. The van der Waals surface area contributed by atoms with Crippen LogP contribution in [0.15, 0.2) is 18.2 Å². The van der Waals surface area contributed by atoms with E-state index in [-0.39, 0.29) is 5.02 Å². The molecule has 0 amide bonds. The van der Waals surface area contributed by atoms with E-state index in [1.165, 1.54) is 25.0 Å². The Balaban J connectivity index is 2.11. The highest BCUT2D eigenvalue weighted by Gasteiger charge is 2.01. The lowest BCUT2D eigenvalue weighted by Gasteiger charge is -2.06. The third-order valence-corrected chi connectivity index (χ3v) is 2.77. The zero-order valence-electron chi connectivity index (χ0n) is 10.1. The van der Waals surface area contributed by atoms with Crippen LogP contribution in [-0.4, -0.2) is 20.2 Å². The number of unbranched alkanes of at least 4 members (excludes halogenated alkanes) is 3. The van der Waals surface area contributed by atoms with E-state index in [4.69, 9.17) is 16.3 Å². The van der Waals surface area contributed by atoms with Crippen LogP contribution in [0.4, 0.5) is 4.39 Å². The van der Waals surface area contributed by atoms with Gasteiger partial charge in [0.1, 0.15) is 11.6 Å². The van der Waals surface area contributed by atoms with E-state index in [1.54, 1.807) is 6.07 Å². The van der Waals surface area contributed by atoms with Crippen LogP contribution >= 0.6 is 11.6 Å². The van der Waals surface area contributed by atoms with Crippen LogP contribution in [0.3, 0.4) is 0 Å². The van der Waals surface area contributed by atoms with Crippen molar-refractivity contribution in [2.24, 2.45) is 0 Å². The van der Waals surface area contributed by atoms with Crippen molar-refractivity contribution in [1.29, 1.82) is 0 Å². The molecule has 0 aliphatic heterocycles. The second kappa shape index (κ2) is 8.31. The van der Waals surface area contributed by atoms with Crippen molar-refractivity contribution in [2.45, 2.75) is 25.7 Å². The van der Waals surface area contributed by atoms with Gasteiger partial charge in [0.05, 0.1) is 11.6 Å². The molecule has 0 saturated carbocycles. The molecule has 0 heterocycles. The maximum absolute atomic E-state index is 12.9. The van der Waals surface area contributed by atoms with Gasteiger partial charge in [-0.1, -0.05) is 24.4 Å². The van der Waals surface area contributed by atoms with Gasteiger partial charge in [-0.15, -0.1) is 0 Å². The van der Waals surface area contributed by atoms with Gasteiger partial charge in [-0.2, -0.15) is 0 Å². The fraction of sp³-hybridized carbons (Fsp3) is 0.538. The summed E-state index contributed by atoms with van der Waals surface area (Å²) in [6.45, 7) is 1.72. The van der Waals surface area contributed by atoms with Crippen molar-refractivity contribution in [3.63, 3.8) is 0 Å². The minimum atomic E-state index is -0.411. The zero-order valence-corrected chi connectivity index (χ0v) is 10.9. The van der Waals surface area contributed by atoms with Gasteiger partial charge in [-0.05, 0) is 38.6 Å². The summed E-state index contributed by atoms with van der Waals surface area (Å²) in [5.41, 5.74) is 0. The molecule has 0 fully saturated rings. The van der Waals surface area contributed by atoms with Gasteiger partial charge >= 0.3 is 0 Å². The third-order valence-electron chi connectivity index (χ3n) is 2.48. The molecule has 0 saturated heterocycles. The molecule has 1 aromatic rings. The van der Waals surface area contributed by atoms with Gasteiger partial charge in [-0.3, -0.25) is 0 Å². The molecule has 0 radical (unpaired) electrons. The monoisotopic (exact) mass is 259 g/mol. The van der Waals surface area contributed by atoms with E-state index in [0.29, 0.717) is 12.4 Å². The van der Waals surface area contributed by atoms with Crippen molar-refractivity contribution in [1.82, 2.24) is 5.32 Å². The summed E-state index contributed by atoms with van der Waals surface area (Å²) >= 11 is 5.65. The van der Waals surface area contributed by atoms with Gasteiger partial charge in [0.15, 0.2) is 0 Å². The van der Waals surface area contributed by atoms with Crippen molar-refractivity contribution in [3.8, 4) is 5.75 Å². The molecule has 1 rings (SSSR count). The van der Waals surface area contributed by atoms with E-state index >= 15 is 0 Å². The smallest absolute Gasteiger partial charge is 0.142 e. The van der Waals surface area contributed by atoms with Crippen molar-refractivity contribution < 1.29 is 9.13 Å². The molecule has 0 aliphatic carbocycles. The maximum atomic E-state index is 12.9. The van der Waals surface area contributed by atoms with Crippen LogP contribution in [0.2, 0.25) is 5.02 Å². The van der Waals surface area contributed by atoms with Crippen molar-refractivity contribution in [3.05, 3.63) is 29.0 Å². The number of hydrogen-bond donors (Lipinski definition) is 1. The predicted molar refractivity (Wildman–Crippen MR) is 69.3 cm³/mol. The number of benzene rings is 1. The summed E-state index contributed by atoms with van der Waals surface area (Å²) in [4.78, 5) is 0. The standard InChI is InChI=1S/C13H19ClFNO/c1-16-8-4-2-3-5-9-17-11-6-7-13(15)12(14)10-11/h6-7,10,16H,2-5,8-9H2,1H3. The minimum Gasteiger partial charge on any atom is -0.494 e. The molecule has 0 atom stereocenters. The topological polar surface area (TPSA) is 21.3 Å². The number of nitrogens with one attached hydrogen (secondary N) is 1. The Labute approximate surface area is 107 Å². The first kappa shape index (κ1) is 14.3. The first-order valence-electron chi connectivity index (χ1n) is 5.96. The van der Waals surface area contributed by atoms with Crippen LogP contribution in [0.25, 0.3) is 0 Å². The molecule has 0 unspecified atom stereocenters. The minimum absolute atomic E-state index is 0.108. The number of hydrogen-bond acceptors (Lipinski definition) is 2. The van der Waals surface area contributed by atoms with E-state index in [1.807, 2.05) is 7.05 Å². The quantitative estimate of drug-likeness (QED) is 0.720. The van der Waals surface area contributed by atoms with Gasteiger partial charge in [-0.25, -0.2) is 4.39 Å². The van der Waals surface area contributed by atoms with Gasteiger partial charge in [0.2, 0.25) is 0 Å². The van der Waals surface area contributed by atoms with E-state index in [9.17, 15) is 4.39 Å². The highest BCUT2D eigenvalue weighted by atomic mass is 35.5. The maximum Gasteiger partial charge on any atom is 0.142 e. The fourth-order valence-electron chi connectivity index (χ4n) is 1.51. The van der Waals surface area contributed by atoms with Gasteiger partial charge in [0.25, 0.3) is 0 Å². The fourth-order valence-corrected chi connectivity index (χ4v) is 1.68. The summed E-state index contributed by atoms with van der Waals surface area (Å²) in [7, 11) is 1.96. The predicted octanol–water partition coefficient (Wildman–Crippen LogP) is 3.64. The molecule has 0 spiro atoms.